The third-order valence-corrected chi connectivity index (χ3v) is 3.47. The summed E-state index contributed by atoms with van der Waals surface area (Å²) >= 11 is 0. The third kappa shape index (κ3) is 4.07. The van der Waals surface area contributed by atoms with Gasteiger partial charge < -0.3 is 15.1 Å². The molecule has 0 saturated carbocycles. The van der Waals surface area contributed by atoms with Gasteiger partial charge in [0.05, 0.1) is 0 Å². The van der Waals surface area contributed by atoms with Crippen molar-refractivity contribution in [3.63, 3.8) is 0 Å². The van der Waals surface area contributed by atoms with Crippen LogP contribution in [0.5, 0.6) is 0 Å². The van der Waals surface area contributed by atoms with E-state index in [2.05, 4.69) is 58.8 Å². The number of hydrogen-bond acceptors (Lipinski definition) is 5. The number of hydrogen-bond donors (Lipinski definition) is 1. The first-order valence-corrected chi connectivity index (χ1v) is 7.48. The predicted octanol–water partition coefficient (Wildman–Crippen LogP) is 2.14. The van der Waals surface area contributed by atoms with Gasteiger partial charge in [0, 0.05) is 37.8 Å². The lowest BCUT2D eigenvalue weighted by molar-refractivity contribution is 0.270. The zero-order chi connectivity index (χ0) is 14.8. The molecule has 0 amide bonds. The predicted molar refractivity (Wildman–Crippen MR) is 84.5 cm³/mol. The summed E-state index contributed by atoms with van der Waals surface area (Å²) in [6.07, 6.45) is 0. The first-order valence-electron chi connectivity index (χ1n) is 7.48. The van der Waals surface area contributed by atoms with Crippen LogP contribution >= 0.6 is 0 Å². The Balaban J connectivity index is 2.12. The molecule has 5 heteroatoms. The second-order valence-electron chi connectivity index (χ2n) is 6.45. The first-order chi connectivity index (χ1) is 9.37. The Bertz CT molecular complexity index is 444. The minimum Gasteiger partial charge on any atom is -0.365 e. The average Bonchev–Trinajstić information content (AvgIpc) is 2.36. The average molecular weight is 277 g/mol. The third-order valence-electron chi connectivity index (χ3n) is 3.47. The summed E-state index contributed by atoms with van der Waals surface area (Å²) in [7, 11) is 0. The Morgan fingerprint density at radius 3 is 2.35 bits per heavy atom. The van der Waals surface area contributed by atoms with Crippen molar-refractivity contribution in [2.45, 2.75) is 40.2 Å². The van der Waals surface area contributed by atoms with Gasteiger partial charge in [-0.05, 0) is 34.2 Å². The fraction of sp³-hybridized carbons (Fsp3) is 0.733. The second kappa shape index (κ2) is 5.95. The molecule has 1 aromatic rings. The minimum absolute atomic E-state index is 0.0129. The van der Waals surface area contributed by atoms with E-state index in [4.69, 9.17) is 0 Å². The van der Waals surface area contributed by atoms with E-state index in [0.717, 1.165) is 50.2 Å². The van der Waals surface area contributed by atoms with E-state index in [1.807, 2.05) is 6.92 Å². The summed E-state index contributed by atoms with van der Waals surface area (Å²) in [5, 5.41) is 3.43. The highest BCUT2D eigenvalue weighted by atomic mass is 15.3. The van der Waals surface area contributed by atoms with E-state index < -0.39 is 0 Å². The van der Waals surface area contributed by atoms with Crippen LogP contribution in [0.15, 0.2) is 6.07 Å². The molecule has 5 nitrogen and oxygen atoms in total. The maximum Gasteiger partial charge on any atom is 0.134 e. The van der Waals surface area contributed by atoms with E-state index in [1.165, 1.54) is 0 Å². The number of anilines is 2. The Labute approximate surface area is 122 Å². The number of aromatic nitrogens is 2. The van der Waals surface area contributed by atoms with Crippen LogP contribution in [0.25, 0.3) is 0 Å². The molecule has 1 aliphatic heterocycles. The van der Waals surface area contributed by atoms with E-state index in [9.17, 15) is 0 Å². The standard InChI is InChI=1S/C15H27N5/c1-6-19-7-9-20(10-8-19)14-11-13(16-12(2)17-14)18-15(3,4)5/h11H,6-10H2,1-5H3,(H,16,17,18). The minimum atomic E-state index is 0.0129. The highest BCUT2D eigenvalue weighted by Gasteiger charge is 2.18. The van der Waals surface area contributed by atoms with Crippen LogP contribution in [0.3, 0.4) is 0 Å². The maximum atomic E-state index is 4.59. The summed E-state index contributed by atoms with van der Waals surface area (Å²) in [6, 6.07) is 2.07. The molecule has 0 radical (unpaired) electrons. The molecule has 0 spiro atoms. The molecule has 1 fully saturated rings. The SMILES string of the molecule is CCN1CCN(c2cc(NC(C)(C)C)nc(C)n2)CC1. The maximum absolute atomic E-state index is 4.59. The van der Waals surface area contributed by atoms with Crippen molar-refractivity contribution >= 4 is 11.6 Å². The van der Waals surface area contributed by atoms with Crippen LogP contribution < -0.4 is 10.2 Å². The van der Waals surface area contributed by atoms with Gasteiger partial charge in [-0.3, -0.25) is 0 Å². The van der Waals surface area contributed by atoms with Gasteiger partial charge in [0.25, 0.3) is 0 Å². The van der Waals surface area contributed by atoms with Crippen molar-refractivity contribution in [1.82, 2.24) is 14.9 Å². The molecule has 112 valence electrons. The van der Waals surface area contributed by atoms with Crippen molar-refractivity contribution in [2.24, 2.45) is 0 Å². The van der Waals surface area contributed by atoms with Gasteiger partial charge in [0.15, 0.2) is 0 Å². The molecule has 1 N–H and O–H groups in total. The van der Waals surface area contributed by atoms with Crippen LogP contribution in [-0.2, 0) is 0 Å². The van der Waals surface area contributed by atoms with E-state index in [-0.39, 0.29) is 5.54 Å². The monoisotopic (exact) mass is 277 g/mol. The molecular formula is C15H27N5. The summed E-state index contributed by atoms with van der Waals surface area (Å²) in [4.78, 5) is 13.9. The van der Waals surface area contributed by atoms with Crippen molar-refractivity contribution in [1.29, 1.82) is 0 Å². The summed E-state index contributed by atoms with van der Waals surface area (Å²) < 4.78 is 0. The topological polar surface area (TPSA) is 44.3 Å². The highest BCUT2D eigenvalue weighted by Crippen LogP contribution is 2.20. The molecule has 0 bridgehead atoms. The van der Waals surface area contributed by atoms with E-state index >= 15 is 0 Å². The van der Waals surface area contributed by atoms with Crippen molar-refractivity contribution < 1.29 is 0 Å². The summed E-state index contributed by atoms with van der Waals surface area (Å²) in [5.74, 6) is 2.78. The van der Waals surface area contributed by atoms with Crippen molar-refractivity contribution in [2.75, 3.05) is 42.9 Å². The summed E-state index contributed by atoms with van der Waals surface area (Å²) in [5.41, 5.74) is 0.0129. The van der Waals surface area contributed by atoms with Crippen LogP contribution in [0.2, 0.25) is 0 Å². The molecule has 1 aliphatic rings. The van der Waals surface area contributed by atoms with Gasteiger partial charge in [0.1, 0.15) is 17.5 Å². The van der Waals surface area contributed by atoms with Gasteiger partial charge in [-0.1, -0.05) is 6.92 Å². The number of nitrogens with one attached hydrogen (secondary N) is 1. The number of piperazine rings is 1. The molecule has 0 aromatic carbocycles. The molecule has 0 aliphatic carbocycles. The number of likely N-dealkylation sites (N-methyl/N-ethyl adjacent to an activating group) is 1. The second-order valence-corrected chi connectivity index (χ2v) is 6.45. The Morgan fingerprint density at radius 2 is 1.80 bits per heavy atom. The number of rotatable bonds is 3. The molecule has 2 heterocycles. The largest absolute Gasteiger partial charge is 0.365 e. The first kappa shape index (κ1) is 15.0. The Hall–Kier alpha value is -1.36. The highest BCUT2D eigenvalue weighted by molar-refractivity contribution is 5.50. The lowest BCUT2D eigenvalue weighted by Gasteiger charge is -2.35. The van der Waals surface area contributed by atoms with Crippen molar-refractivity contribution in [3.05, 3.63) is 11.9 Å². The molecule has 20 heavy (non-hydrogen) atoms. The number of nitrogens with zero attached hydrogens (tertiary/aromatic N) is 4. The lowest BCUT2D eigenvalue weighted by atomic mass is 10.1. The normalized spacial score (nSPS) is 17.4. The molecule has 2 rings (SSSR count). The zero-order valence-electron chi connectivity index (χ0n) is 13.4. The Kier molecular flexibility index (Phi) is 4.48. The lowest BCUT2D eigenvalue weighted by Crippen LogP contribution is -2.46. The molecular weight excluding hydrogens is 250 g/mol. The van der Waals surface area contributed by atoms with Crippen LogP contribution in [0.1, 0.15) is 33.5 Å². The molecule has 1 saturated heterocycles. The fourth-order valence-electron chi connectivity index (χ4n) is 2.46. The molecule has 1 aromatic heterocycles. The Morgan fingerprint density at radius 1 is 1.15 bits per heavy atom. The van der Waals surface area contributed by atoms with Crippen LogP contribution in [-0.4, -0.2) is 53.1 Å². The molecule has 0 atom stereocenters. The van der Waals surface area contributed by atoms with Gasteiger partial charge in [0.2, 0.25) is 0 Å². The fourth-order valence-corrected chi connectivity index (χ4v) is 2.46. The van der Waals surface area contributed by atoms with Gasteiger partial charge >= 0.3 is 0 Å². The molecule has 0 unspecified atom stereocenters. The van der Waals surface area contributed by atoms with Gasteiger partial charge in [-0.2, -0.15) is 0 Å². The smallest absolute Gasteiger partial charge is 0.134 e. The van der Waals surface area contributed by atoms with E-state index in [0.29, 0.717) is 0 Å². The van der Waals surface area contributed by atoms with Crippen LogP contribution in [0, 0.1) is 6.92 Å². The number of aryl methyl sites for hydroxylation is 1. The van der Waals surface area contributed by atoms with Crippen LogP contribution in [0.4, 0.5) is 11.6 Å². The van der Waals surface area contributed by atoms with Gasteiger partial charge in [-0.25, -0.2) is 9.97 Å². The quantitative estimate of drug-likeness (QED) is 0.917. The van der Waals surface area contributed by atoms with E-state index in [1.54, 1.807) is 0 Å². The summed E-state index contributed by atoms with van der Waals surface area (Å²) in [6.45, 7) is 16.0. The zero-order valence-corrected chi connectivity index (χ0v) is 13.4. The van der Waals surface area contributed by atoms with Gasteiger partial charge in [-0.15, -0.1) is 0 Å². The van der Waals surface area contributed by atoms with Crippen molar-refractivity contribution in [3.8, 4) is 0 Å².